The Morgan fingerprint density at radius 3 is 2.58 bits per heavy atom. The van der Waals surface area contributed by atoms with E-state index in [0.717, 1.165) is 0 Å². The van der Waals surface area contributed by atoms with Gasteiger partial charge >= 0.3 is 0 Å². The Morgan fingerprint density at radius 1 is 1.24 bits per heavy atom. The van der Waals surface area contributed by atoms with Crippen molar-refractivity contribution < 1.29 is 18.7 Å². The number of benzene rings is 2. The van der Waals surface area contributed by atoms with Crippen LogP contribution in [0, 0.1) is 30.6 Å². The molecule has 2 aromatic carbocycles. The van der Waals surface area contributed by atoms with Crippen molar-refractivity contribution >= 4 is 34.9 Å². The summed E-state index contributed by atoms with van der Waals surface area (Å²) in [5.41, 5.74) is 8.39. The van der Waals surface area contributed by atoms with E-state index >= 15 is 0 Å². The fourth-order valence-electron chi connectivity index (χ4n) is 3.51. The molecule has 0 fully saturated rings. The zero-order valence-corrected chi connectivity index (χ0v) is 21.0. The highest BCUT2D eigenvalue weighted by molar-refractivity contribution is 7.98. The molecule has 38 heavy (non-hydrogen) atoms. The molecule has 8 nitrogen and oxygen atoms in total. The summed E-state index contributed by atoms with van der Waals surface area (Å²) in [6.07, 6.45) is 0. The van der Waals surface area contributed by atoms with E-state index in [2.05, 4.69) is 20.9 Å². The number of hydrogen-bond acceptors (Lipinski definition) is 8. The van der Waals surface area contributed by atoms with Gasteiger partial charge < -0.3 is 20.0 Å². The van der Waals surface area contributed by atoms with Crippen LogP contribution in [-0.2, 0) is 5.75 Å². The molecule has 0 aliphatic heterocycles. The van der Waals surface area contributed by atoms with Crippen LogP contribution in [0.25, 0.3) is 27.4 Å². The van der Waals surface area contributed by atoms with Crippen LogP contribution in [0.1, 0.15) is 24.4 Å². The molecule has 2 aromatic heterocycles. The van der Waals surface area contributed by atoms with E-state index in [1.807, 2.05) is 0 Å². The van der Waals surface area contributed by atoms with Crippen molar-refractivity contribution in [2.75, 3.05) is 18.9 Å². The van der Waals surface area contributed by atoms with Crippen LogP contribution in [-0.4, -0.2) is 28.3 Å². The molecule has 0 unspecified atom stereocenters. The molecule has 2 heterocycles. The maximum Gasteiger partial charge on any atom is 0.236 e. The van der Waals surface area contributed by atoms with Gasteiger partial charge in [-0.2, -0.15) is 5.26 Å². The van der Waals surface area contributed by atoms with Crippen LogP contribution in [0.5, 0.6) is 5.75 Å². The van der Waals surface area contributed by atoms with Crippen molar-refractivity contribution in [3.05, 3.63) is 81.7 Å². The zero-order chi connectivity index (χ0) is 26.5. The SMILES string of the molecule is C.[C-]#[N+]c1c(N)nc(SCc2nc(-c3ccc(Cl)c(F)c3)oc2C)c(C#N)c1-c1ccc(OCCO)cc1. The summed E-state index contributed by atoms with van der Waals surface area (Å²) in [4.78, 5) is 12.3. The number of ether oxygens (including phenoxy) is 1. The third-order valence-electron chi connectivity index (χ3n) is 5.30. The molecule has 0 bridgehead atoms. The van der Waals surface area contributed by atoms with Gasteiger partial charge in [-0.25, -0.2) is 19.2 Å². The smallest absolute Gasteiger partial charge is 0.236 e. The number of pyridine rings is 1. The number of anilines is 1. The second-order valence-corrected chi connectivity index (χ2v) is 9.03. The van der Waals surface area contributed by atoms with Crippen LogP contribution in [0.4, 0.5) is 15.9 Å². The molecular formula is C27H23ClFN5O3S. The van der Waals surface area contributed by atoms with Crippen molar-refractivity contribution in [1.29, 1.82) is 5.26 Å². The Kier molecular flexibility index (Phi) is 9.32. The van der Waals surface area contributed by atoms with Crippen molar-refractivity contribution in [2.24, 2.45) is 0 Å². The normalized spacial score (nSPS) is 10.4. The summed E-state index contributed by atoms with van der Waals surface area (Å²) < 4.78 is 25.0. The zero-order valence-electron chi connectivity index (χ0n) is 19.5. The van der Waals surface area contributed by atoms with Gasteiger partial charge in [-0.3, -0.25) is 0 Å². The number of nitriles is 1. The van der Waals surface area contributed by atoms with Gasteiger partial charge in [-0.15, -0.1) is 0 Å². The predicted octanol–water partition coefficient (Wildman–Crippen LogP) is 6.81. The van der Waals surface area contributed by atoms with E-state index in [0.29, 0.717) is 38.9 Å². The number of nitrogens with two attached hydrogens (primary N) is 1. The van der Waals surface area contributed by atoms with Crippen molar-refractivity contribution in [2.45, 2.75) is 25.1 Å². The highest BCUT2D eigenvalue weighted by atomic mass is 35.5. The summed E-state index contributed by atoms with van der Waals surface area (Å²) >= 11 is 6.99. The van der Waals surface area contributed by atoms with Gasteiger partial charge in [0.05, 0.1) is 29.5 Å². The second kappa shape index (κ2) is 12.4. The number of aromatic nitrogens is 2. The molecule has 3 N–H and O–H groups in total. The van der Waals surface area contributed by atoms with E-state index in [-0.39, 0.29) is 54.4 Å². The van der Waals surface area contributed by atoms with Crippen molar-refractivity contribution in [3.63, 3.8) is 0 Å². The van der Waals surface area contributed by atoms with Crippen LogP contribution >= 0.6 is 23.4 Å². The number of hydrogen-bond donors (Lipinski definition) is 2. The summed E-state index contributed by atoms with van der Waals surface area (Å²) in [5.74, 6) is 1.02. The van der Waals surface area contributed by atoms with Gasteiger partial charge in [0.1, 0.15) is 40.8 Å². The lowest BCUT2D eigenvalue weighted by Crippen LogP contribution is -2.02. The molecule has 0 spiro atoms. The number of oxazole rings is 1. The summed E-state index contributed by atoms with van der Waals surface area (Å²) in [6, 6.07) is 13.2. The Morgan fingerprint density at radius 2 is 1.95 bits per heavy atom. The first kappa shape index (κ1) is 28.5. The first-order valence-corrected chi connectivity index (χ1v) is 12.2. The van der Waals surface area contributed by atoms with Gasteiger partial charge in [-0.05, 0) is 42.8 Å². The molecule has 194 valence electrons. The lowest BCUT2D eigenvalue weighted by molar-refractivity contribution is 0.201. The molecule has 4 rings (SSSR count). The number of aryl methyl sites for hydroxylation is 1. The Labute approximate surface area is 228 Å². The first-order valence-electron chi connectivity index (χ1n) is 10.9. The lowest BCUT2D eigenvalue weighted by atomic mass is 10.00. The summed E-state index contributed by atoms with van der Waals surface area (Å²) in [5, 5.41) is 19.3. The predicted molar refractivity (Wildman–Crippen MR) is 146 cm³/mol. The number of aliphatic hydroxyl groups excluding tert-OH is 1. The minimum Gasteiger partial charge on any atom is -0.491 e. The summed E-state index contributed by atoms with van der Waals surface area (Å²) in [6.45, 7) is 9.37. The first-order chi connectivity index (χ1) is 17.9. The average Bonchev–Trinajstić information content (AvgIpc) is 3.27. The van der Waals surface area contributed by atoms with E-state index < -0.39 is 5.82 Å². The second-order valence-electron chi connectivity index (χ2n) is 7.66. The number of nitrogens with zero attached hydrogens (tertiary/aromatic N) is 4. The van der Waals surface area contributed by atoms with Crippen molar-refractivity contribution in [1.82, 2.24) is 9.97 Å². The molecule has 0 aliphatic carbocycles. The van der Waals surface area contributed by atoms with Crippen LogP contribution in [0.2, 0.25) is 5.02 Å². The van der Waals surface area contributed by atoms with E-state index in [9.17, 15) is 9.65 Å². The van der Waals surface area contributed by atoms with Crippen LogP contribution in [0.15, 0.2) is 51.9 Å². The number of nitrogen functional groups attached to an aromatic ring is 1. The molecular weight excluding hydrogens is 529 g/mol. The molecule has 0 atom stereocenters. The third-order valence-corrected chi connectivity index (χ3v) is 6.59. The van der Waals surface area contributed by atoms with Crippen LogP contribution in [0.3, 0.4) is 0 Å². The van der Waals surface area contributed by atoms with E-state index in [1.54, 1.807) is 37.3 Å². The van der Waals surface area contributed by atoms with Crippen molar-refractivity contribution in [3.8, 4) is 34.4 Å². The standard InChI is InChI=1S/C26H19ClFN5O3S.CH4/c1-14-21(32-25(36-14)16-5-8-19(27)20(28)11-16)13-37-26-18(12-29)22(23(31-2)24(30)33-26)15-3-6-17(7-4-15)35-10-9-34;/h3-8,11,34H,9-10,13H2,1H3,(H2,30,33);1H4. The highest BCUT2D eigenvalue weighted by Crippen LogP contribution is 2.42. The van der Waals surface area contributed by atoms with Gasteiger partial charge in [0, 0.05) is 16.9 Å². The largest absolute Gasteiger partial charge is 0.491 e. The Bertz CT molecular complexity index is 1540. The summed E-state index contributed by atoms with van der Waals surface area (Å²) in [7, 11) is 0. The van der Waals surface area contributed by atoms with Gasteiger partial charge in [0.2, 0.25) is 11.6 Å². The molecule has 0 aliphatic rings. The molecule has 11 heteroatoms. The molecule has 0 saturated heterocycles. The minimum atomic E-state index is -0.579. The quantitative estimate of drug-likeness (QED) is 0.181. The maximum absolute atomic E-state index is 13.9. The topological polar surface area (TPSA) is 123 Å². The number of halogens is 2. The van der Waals surface area contributed by atoms with Gasteiger partial charge in [0.25, 0.3) is 0 Å². The van der Waals surface area contributed by atoms with E-state index in [1.165, 1.54) is 23.9 Å². The minimum absolute atomic E-state index is 0. The fourth-order valence-corrected chi connectivity index (χ4v) is 4.62. The number of aliphatic hydroxyl groups is 1. The average molecular weight is 552 g/mol. The van der Waals surface area contributed by atoms with Gasteiger partial charge in [0.15, 0.2) is 0 Å². The van der Waals surface area contributed by atoms with Gasteiger partial charge in [-0.1, -0.05) is 42.9 Å². The highest BCUT2D eigenvalue weighted by Gasteiger charge is 2.22. The number of thioether (sulfide) groups is 1. The molecule has 0 radical (unpaired) electrons. The Balaban J connectivity index is 0.00000400. The number of rotatable bonds is 8. The lowest BCUT2D eigenvalue weighted by Gasteiger charge is -2.13. The van der Waals surface area contributed by atoms with E-state index in [4.69, 9.17) is 38.2 Å². The maximum atomic E-state index is 13.9. The molecule has 0 amide bonds. The fraction of sp³-hybridized carbons (Fsp3) is 0.185. The van der Waals surface area contributed by atoms with Crippen LogP contribution < -0.4 is 10.5 Å². The third kappa shape index (κ3) is 5.90. The molecule has 4 aromatic rings. The monoisotopic (exact) mass is 551 g/mol. The Hall–Kier alpha value is -4.09. The molecule has 0 saturated carbocycles.